The molecule has 6 heteroatoms. The van der Waals surface area contributed by atoms with E-state index in [4.69, 9.17) is 4.42 Å². The molecular formula is C15H21NO4S. The molecule has 1 heterocycles. The van der Waals surface area contributed by atoms with Crippen LogP contribution < -0.4 is 4.72 Å². The Bertz CT molecular complexity index is 647. The Balaban J connectivity index is 1.77. The number of furan rings is 1. The maximum atomic E-state index is 12.4. The first-order chi connectivity index (χ1) is 9.77. The molecule has 2 bridgehead atoms. The van der Waals surface area contributed by atoms with Gasteiger partial charge in [0.05, 0.1) is 18.6 Å². The van der Waals surface area contributed by atoms with E-state index in [1.807, 2.05) is 13.8 Å². The van der Waals surface area contributed by atoms with Gasteiger partial charge in [-0.15, -0.1) is 0 Å². The monoisotopic (exact) mass is 311 g/mol. The normalized spacial score (nSPS) is 31.0. The standard InChI is InChI=1S/C15H21NO4S/c1-14(2)11-5-6-15(14,13(17)8-11)10-21(18,19)16-9-12-4-3-7-20-12/h3-4,7,11,16H,5-6,8-10H2,1-2H3/t11-,15-/m1/s1. The largest absolute Gasteiger partial charge is 0.468 e. The van der Waals surface area contributed by atoms with Gasteiger partial charge in [0, 0.05) is 11.8 Å². The summed E-state index contributed by atoms with van der Waals surface area (Å²) in [7, 11) is -3.52. The van der Waals surface area contributed by atoms with Gasteiger partial charge < -0.3 is 4.42 Å². The maximum Gasteiger partial charge on any atom is 0.213 e. The highest BCUT2D eigenvalue weighted by Crippen LogP contribution is 2.64. The van der Waals surface area contributed by atoms with Gasteiger partial charge in [0.2, 0.25) is 10.0 Å². The van der Waals surface area contributed by atoms with Gasteiger partial charge >= 0.3 is 0 Å². The van der Waals surface area contributed by atoms with Gasteiger partial charge in [0.25, 0.3) is 0 Å². The topological polar surface area (TPSA) is 76.4 Å². The molecule has 116 valence electrons. The van der Waals surface area contributed by atoms with E-state index in [2.05, 4.69) is 4.72 Å². The van der Waals surface area contributed by atoms with Crippen molar-refractivity contribution in [1.82, 2.24) is 4.72 Å². The number of carbonyl (C=O) groups is 1. The van der Waals surface area contributed by atoms with Gasteiger partial charge in [0.15, 0.2) is 0 Å². The second-order valence-corrected chi connectivity index (χ2v) is 8.63. The molecule has 1 N–H and O–H groups in total. The number of ketones is 1. The molecule has 0 radical (unpaired) electrons. The van der Waals surface area contributed by atoms with Crippen LogP contribution in [0.3, 0.4) is 0 Å². The van der Waals surface area contributed by atoms with Crippen molar-refractivity contribution >= 4 is 15.8 Å². The van der Waals surface area contributed by atoms with Crippen molar-refractivity contribution in [3.63, 3.8) is 0 Å². The SMILES string of the molecule is CC1(C)[C@@H]2CC[C@@]1(CS(=O)(=O)NCc1ccco1)C(=O)C2. The molecule has 2 aliphatic carbocycles. The van der Waals surface area contributed by atoms with E-state index in [1.165, 1.54) is 6.26 Å². The molecule has 1 aromatic rings. The van der Waals surface area contributed by atoms with E-state index < -0.39 is 15.4 Å². The summed E-state index contributed by atoms with van der Waals surface area (Å²) in [5.74, 6) is 0.901. The summed E-state index contributed by atoms with van der Waals surface area (Å²) in [6, 6.07) is 3.44. The van der Waals surface area contributed by atoms with Crippen LogP contribution in [0.25, 0.3) is 0 Å². The van der Waals surface area contributed by atoms with Crippen molar-refractivity contribution in [3.8, 4) is 0 Å². The molecule has 2 aliphatic rings. The minimum atomic E-state index is -3.52. The van der Waals surface area contributed by atoms with Crippen LogP contribution in [0.15, 0.2) is 22.8 Å². The number of Topliss-reactive ketones (excluding diaryl/α,β-unsaturated/α-hetero) is 1. The highest BCUT2D eigenvalue weighted by molar-refractivity contribution is 7.89. The number of rotatable bonds is 5. The van der Waals surface area contributed by atoms with E-state index in [-0.39, 0.29) is 23.5 Å². The zero-order valence-electron chi connectivity index (χ0n) is 12.4. The van der Waals surface area contributed by atoms with E-state index in [1.54, 1.807) is 12.1 Å². The third kappa shape index (κ3) is 2.25. The number of nitrogens with one attached hydrogen (secondary N) is 1. The molecule has 2 fully saturated rings. The number of fused-ring (bicyclic) bond motifs is 2. The van der Waals surface area contributed by atoms with E-state index in [0.717, 1.165) is 6.42 Å². The lowest BCUT2D eigenvalue weighted by molar-refractivity contribution is -0.128. The zero-order valence-corrected chi connectivity index (χ0v) is 13.2. The zero-order chi connectivity index (χ0) is 15.3. The fourth-order valence-corrected chi connectivity index (χ4v) is 5.87. The smallest absolute Gasteiger partial charge is 0.213 e. The minimum absolute atomic E-state index is 0.108. The van der Waals surface area contributed by atoms with Crippen LogP contribution in [0.5, 0.6) is 0 Å². The summed E-state index contributed by atoms with van der Waals surface area (Å²) >= 11 is 0. The van der Waals surface area contributed by atoms with Crippen LogP contribution in [-0.2, 0) is 21.4 Å². The lowest BCUT2D eigenvalue weighted by Gasteiger charge is -2.36. The first-order valence-corrected chi connectivity index (χ1v) is 8.95. The Kier molecular flexibility index (Phi) is 3.29. The first kappa shape index (κ1) is 14.8. The van der Waals surface area contributed by atoms with Crippen molar-refractivity contribution in [3.05, 3.63) is 24.2 Å². The summed E-state index contributed by atoms with van der Waals surface area (Å²) in [6.07, 6.45) is 3.67. The Hall–Kier alpha value is -1.14. The third-order valence-corrected chi connectivity index (χ3v) is 7.08. The molecule has 21 heavy (non-hydrogen) atoms. The highest BCUT2D eigenvalue weighted by Gasteiger charge is 2.65. The Morgan fingerprint density at radius 3 is 2.71 bits per heavy atom. The van der Waals surface area contributed by atoms with Gasteiger partial charge in [-0.1, -0.05) is 13.8 Å². The fourth-order valence-electron chi connectivity index (χ4n) is 4.08. The van der Waals surface area contributed by atoms with Crippen LogP contribution >= 0.6 is 0 Å². The summed E-state index contributed by atoms with van der Waals surface area (Å²) in [4.78, 5) is 12.4. The van der Waals surface area contributed by atoms with Gasteiger partial charge in [-0.05, 0) is 36.3 Å². The van der Waals surface area contributed by atoms with Crippen LogP contribution in [0.1, 0.15) is 38.9 Å². The fraction of sp³-hybridized carbons (Fsp3) is 0.667. The molecule has 1 aromatic heterocycles. The van der Waals surface area contributed by atoms with E-state index in [0.29, 0.717) is 24.5 Å². The molecule has 0 amide bonds. The van der Waals surface area contributed by atoms with Crippen molar-refractivity contribution in [1.29, 1.82) is 0 Å². The van der Waals surface area contributed by atoms with Crippen LogP contribution in [-0.4, -0.2) is 20.0 Å². The van der Waals surface area contributed by atoms with Gasteiger partial charge in [-0.25, -0.2) is 13.1 Å². The van der Waals surface area contributed by atoms with Crippen molar-refractivity contribution in [2.24, 2.45) is 16.7 Å². The second-order valence-electron chi connectivity index (χ2n) is 6.83. The molecule has 0 unspecified atom stereocenters. The maximum absolute atomic E-state index is 12.4. The molecule has 0 spiro atoms. The molecule has 0 saturated heterocycles. The molecule has 3 rings (SSSR count). The molecule has 0 aromatic carbocycles. The molecular weight excluding hydrogens is 290 g/mol. The predicted molar refractivity (Wildman–Crippen MR) is 77.9 cm³/mol. The minimum Gasteiger partial charge on any atom is -0.468 e. The predicted octanol–water partition coefficient (Wildman–Crippen LogP) is 2.09. The first-order valence-electron chi connectivity index (χ1n) is 7.30. The van der Waals surface area contributed by atoms with E-state index >= 15 is 0 Å². The van der Waals surface area contributed by atoms with Crippen molar-refractivity contribution in [2.45, 2.75) is 39.7 Å². The molecule has 0 aliphatic heterocycles. The van der Waals surface area contributed by atoms with Gasteiger partial charge in [0.1, 0.15) is 11.5 Å². The summed E-state index contributed by atoms with van der Waals surface area (Å²) in [5, 5.41) is 0. The van der Waals surface area contributed by atoms with Crippen LogP contribution in [0.2, 0.25) is 0 Å². The summed E-state index contributed by atoms with van der Waals surface area (Å²) < 4.78 is 32.5. The van der Waals surface area contributed by atoms with Gasteiger partial charge in [-0.2, -0.15) is 0 Å². The lowest BCUT2D eigenvalue weighted by atomic mass is 9.70. The second kappa shape index (κ2) is 4.68. The average Bonchev–Trinajstić information content (AvgIpc) is 3.02. The van der Waals surface area contributed by atoms with Crippen LogP contribution in [0, 0.1) is 16.7 Å². The van der Waals surface area contributed by atoms with Crippen molar-refractivity contribution < 1.29 is 17.6 Å². The summed E-state index contributed by atoms with van der Waals surface area (Å²) in [5.41, 5.74) is -0.948. The van der Waals surface area contributed by atoms with Crippen molar-refractivity contribution in [2.75, 3.05) is 5.75 Å². The van der Waals surface area contributed by atoms with Crippen LogP contribution in [0.4, 0.5) is 0 Å². The van der Waals surface area contributed by atoms with E-state index in [9.17, 15) is 13.2 Å². The summed E-state index contributed by atoms with van der Waals surface area (Å²) in [6.45, 7) is 4.21. The Labute approximate surface area is 125 Å². The Morgan fingerprint density at radius 2 is 2.19 bits per heavy atom. The Morgan fingerprint density at radius 1 is 1.43 bits per heavy atom. The number of carbonyl (C=O) groups excluding carboxylic acids is 1. The number of hydrogen-bond donors (Lipinski definition) is 1. The number of sulfonamides is 1. The number of hydrogen-bond acceptors (Lipinski definition) is 4. The molecule has 2 atom stereocenters. The van der Waals surface area contributed by atoms with Gasteiger partial charge in [-0.3, -0.25) is 4.79 Å². The highest BCUT2D eigenvalue weighted by atomic mass is 32.2. The quantitative estimate of drug-likeness (QED) is 0.903. The molecule has 5 nitrogen and oxygen atoms in total. The lowest BCUT2D eigenvalue weighted by Crippen LogP contribution is -2.45. The third-order valence-electron chi connectivity index (χ3n) is 5.62. The average molecular weight is 311 g/mol. The molecule has 2 saturated carbocycles.